The Balaban J connectivity index is 1.44. The highest BCUT2D eigenvalue weighted by atomic mass is 16.8. The van der Waals surface area contributed by atoms with Crippen LogP contribution in [0.25, 0.3) is 10.9 Å². The molecule has 0 aliphatic carbocycles. The van der Waals surface area contributed by atoms with Crippen LogP contribution in [0.1, 0.15) is 41.9 Å². The smallest absolute Gasteiger partial charge is 0.253 e. The zero-order valence-electron chi connectivity index (χ0n) is 19.3. The summed E-state index contributed by atoms with van der Waals surface area (Å²) in [6.07, 6.45) is -0.306. The molecule has 2 aromatic carbocycles. The fourth-order valence-corrected chi connectivity index (χ4v) is 3.97. The molecular weight excluding hydrogens is 438 g/mol. The van der Waals surface area contributed by atoms with Crippen LogP contribution < -0.4 is 15.5 Å². The molecule has 9 heteroatoms. The summed E-state index contributed by atoms with van der Waals surface area (Å²) >= 11 is 0. The van der Waals surface area contributed by atoms with Crippen LogP contribution in [0.2, 0.25) is 0 Å². The number of aryl methyl sites for hydroxylation is 1. The average molecular weight is 466 g/mol. The summed E-state index contributed by atoms with van der Waals surface area (Å²) in [6.45, 7) is 5.62. The number of nitrogens with one attached hydrogen (secondary N) is 2. The van der Waals surface area contributed by atoms with Gasteiger partial charge in [0.2, 0.25) is 5.91 Å². The van der Waals surface area contributed by atoms with Crippen LogP contribution >= 0.6 is 0 Å². The summed E-state index contributed by atoms with van der Waals surface area (Å²) in [5.41, 5.74) is 3.37. The number of carbonyl (C=O) groups is 2. The van der Waals surface area contributed by atoms with Gasteiger partial charge in [0.1, 0.15) is 12.4 Å². The van der Waals surface area contributed by atoms with Crippen LogP contribution in [0.15, 0.2) is 54.6 Å². The second-order valence-corrected chi connectivity index (χ2v) is 8.70. The highest BCUT2D eigenvalue weighted by molar-refractivity contribution is 5.95. The number of amides is 2. The van der Waals surface area contributed by atoms with E-state index in [1.807, 2.05) is 37.3 Å². The van der Waals surface area contributed by atoms with Crippen molar-refractivity contribution in [2.45, 2.75) is 45.3 Å². The summed E-state index contributed by atoms with van der Waals surface area (Å²) in [4.78, 5) is 29.2. The maximum absolute atomic E-state index is 12.9. The van der Waals surface area contributed by atoms with Crippen molar-refractivity contribution in [3.63, 3.8) is 0 Å². The number of benzene rings is 2. The van der Waals surface area contributed by atoms with Crippen LogP contribution in [0, 0.1) is 6.92 Å². The summed E-state index contributed by atoms with van der Waals surface area (Å²) in [7, 11) is 0. The van der Waals surface area contributed by atoms with Crippen molar-refractivity contribution in [3.05, 3.63) is 71.4 Å². The van der Waals surface area contributed by atoms with E-state index in [-0.39, 0.29) is 13.0 Å². The van der Waals surface area contributed by atoms with Gasteiger partial charge in [0, 0.05) is 22.2 Å². The molecule has 2 heterocycles. The number of hydrogen-bond donors (Lipinski definition) is 3. The molecule has 178 valence electrons. The fourth-order valence-electron chi connectivity index (χ4n) is 3.97. The molecule has 1 aromatic heterocycles. The number of aromatic nitrogens is 1. The van der Waals surface area contributed by atoms with Crippen LogP contribution in [-0.2, 0) is 20.9 Å². The summed E-state index contributed by atoms with van der Waals surface area (Å²) < 4.78 is 17.3. The van der Waals surface area contributed by atoms with E-state index in [0.29, 0.717) is 17.9 Å². The van der Waals surface area contributed by atoms with Gasteiger partial charge in [-0.1, -0.05) is 18.2 Å². The first-order valence-electron chi connectivity index (χ1n) is 10.9. The van der Waals surface area contributed by atoms with Gasteiger partial charge < -0.3 is 19.5 Å². The van der Waals surface area contributed by atoms with E-state index in [0.717, 1.165) is 22.2 Å². The highest BCUT2D eigenvalue weighted by Crippen LogP contribution is 2.32. The van der Waals surface area contributed by atoms with Crippen molar-refractivity contribution in [2.24, 2.45) is 0 Å². The van der Waals surface area contributed by atoms with Gasteiger partial charge in [-0.25, -0.2) is 5.48 Å². The molecule has 3 aromatic rings. The lowest BCUT2D eigenvalue weighted by Crippen LogP contribution is -2.53. The molecule has 1 saturated heterocycles. The third-order valence-electron chi connectivity index (χ3n) is 5.45. The van der Waals surface area contributed by atoms with Gasteiger partial charge in [-0.2, -0.15) is 0 Å². The Labute approximate surface area is 197 Å². The van der Waals surface area contributed by atoms with Gasteiger partial charge in [0.15, 0.2) is 11.5 Å². The molecule has 9 nitrogen and oxygen atoms in total. The molecule has 0 spiro atoms. The minimum absolute atomic E-state index is 0.0420. The molecule has 4 rings (SSSR count). The number of carbonyl (C=O) groups excluding carboxylic acids is 2. The second kappa shape index (κ2) is 9.38. The number of hydroxylamine groups is 1. The Morgan fingerprint density at radius 2 is 1.88 bits per heavy atom. The Hall–Kier alpha value is -3.53. The molecule has 1 atom stereocenters. The summed E-state index contributed by atoms with van der Waals surface area (Å²) in [5, 5.41) is 12.7. The third kappa shape index (κ3) is 5.33. The predicted molar refractivity (Wildman–Crippen MR) is 123 cm³/mol. The Morgan fingerprint density at radius 1 is 1.15 bits per heavy atom. The first kappa shape index (κ1) is 23.6. The van der Waals surface area contributed by atoms with Crippen molar-refractivity contribution >= 4 is 22.7 Å². The lowest BCUT2D eigenvalue weighted by Gasteiger charge is -2.29. The van der Waals surface area contributed by atoms with E-state index in [1.54, 1.807) is 43.6 Å². The van der Waals surface area contributed by atoms with Gasteiger partial charge in [-0.15, -0.1) is 0 Å². The third-order valence-corrected chi connectivity index (χ3v) is 5.45. The number of ether oxygens (including phenoxy) is 3. The van der Waals surface area contributed by atoms with Crippen LogP contribution in [0.4, 0.5) is 0 Å². The minimum atomic E-state index is -1.40. The molecule has 0 bridgehead atoms. The molecule has 1 aliphatic rings. The van der Waals surface area contributed by atoms with E-state index in [9.17, 15) is 9.59 Å². The second-order valence-electron chi connectivity index (χ2n) is 8.70. The SMILES string of the molecule is Cc1cc(COc2ccc(C(=O)NC3(CC(=O)NO)COC(C)(C)O3)cc2)c2ccccc2n1. The minimum Gasteiger partial charge on any atom is -0.489 e. The lowest BCUT2D eigenvalue weighted by molar-refractivity contribution is -0.171. The summed E-state index contributed by atoms with van der Waals surface area (Å²) in [5.74, 6) is -1.54. The van der Waals surface area contributed by atoms with Gasteiger partial charge in [-0.3, -0.25) is 19.8 Å². The Kier molecular flexibility index (Phi) is 6.52. The van der Waals surface area contributed by atoms with E-state index < -0.39 is 23.3 Å². The monoisotopic (exact) mass is 465 g/mol. The van der Waals surface area contributed by atoms with Crippen LogP contribution in [-0.4, -0.2) is 40.1 Å². The first-order valence-corrected chi connectivity index (χ1v) is 10.9. The topological polar surface area (TPSA) is 119 Å². The van der Waals surface area contributed by atoms with Gasteiger partial charge in [0.05, 0.1) is 18.5 Å². The fraction of sp³-hybridized carbons (Fsp3) is 0.320. The summed E-state index contributed by atoms with van der Waals surface area (Å²) in [6, 6.07) is 16.6. The number of nitrogens with zero attached hydrogens (tertiary/aromatic N) is 1. The predicted octanol–water partition coefficient (Wildman–Crippen LogP) is 3.23. The molecule has 1 unspecified atom stereocenters. The van der Waals surface area contributed by atoms with Crippen molar-refractivity contribution in [1.82, 2.24) is 15.8 Å². The normalized spacial score (nSPS) is 19.1. The molecule has 34 heavy (non-hydrogen) atoms. The Morgan fingerprint density at radius 3 is 2.56 bits per heavy atom. The quantitative estimate of drug-likeness (QED) is 0.362. The number of para-hydroxylation sites is 1. The number of rotatable bonds is 7. The van der Waals surface area contributed by atoms with E-state index in [1.165, 1.54) is 0 Å². The van der Waals surface area contributed by atoms with Crippen molar-refractivity contribution < 1.29 is 29.0 Å². The van der Waals surface area contributed by atoms with E-state index >= 15 is 0 Å². The molecule has 3 N–H and O–H groups in total. The van der Waals surface area contributed by atoms with Gasteiger partial charge in [0.25, 0.3) is 5.91 Å². The average Bonchev–Trinajstić information content (AvgIpc) is 3.11. The number of pyridine rings is 1. The van der Waals surface area contributed by atoms with Crippen molar-refractivity contribution in [3.8, 4) is 5.75 Å². The largest absolute Gasteiger partial charge is 0.489 e. The lowest BCUT2D eigenvalue weighted by atomic mass is 10.1. The molecule has 0 radical (unpaired) electrons. The van der Waals surface area contributed by atoms with Gasteiger partial charge in [-0.05, 0) is 57.2 Å². The first-order chi connectivity index (χ1) is 16.2. The molecule has 2 amide bonds. The molecule has 0 saturated carbocycles. The number of fused-ring (bicyclic) bond motifs is 1. The maximum Gasteiger partial charge on any atom is 0.253 e. The maximum atomic E-state index is 12.9. The van der Waals surface area contributed by atoms with Crippen LogP contribution in [0.3, 0.4) is 0 Å². The van der Waals surface area contributed by atoms with E-state index in [4.69, 9.17) is 19.4 Å². The zero-order chi connectivity index (χ0) is 24.3. The Bertz CT molecular complexity index is 1210. The van der Waals surface area contributed by atoms with E-state index in [2.05, 4.69) is 10.3 Å². The molecular formula is C25H27N3O6. The zero-order valence-corrected chi connectivity index (χ0v) is 19.3. The van der Waals surface area contributed by atoms with Gasteiger partial charge >= 0.3 is 0 Å². The van der Waals surface area contributed by atoms with Crippen molar-refractivity contribution in [1.29, 1.82) is 0 Å². The standard InChI is InChI=1S/C25H27N3O6/c1-16-12-18(20-6-4-5-7-21(20)26-16)14-32-19-10-8-17(9-11-19)23(30)27-25(13-22(29)28-31)15-33-24(2,3)34-25/h4-12,31H,13-15H2,1-3H3,(H,27,30)(H,28,29). The number of hydrogen-bond acceptors (Lipinski definition) is 7. The molecule has 1 aliphatic heterocycles. The highest BCUT2D eigenvalue weighted by Gasteiger charge is 2.48. The molecule has 1 fully saturated rings. The van der Waals surface area contributed by atoms with Crippen LogP contribution in [0.5, 0.6) is 5.75 Å². The van der Waals surface area contributed by atoms with Crippen molar-refractivity contribution in [2.75, 3.05) is 6.61 Å².